The van der Waals surface area contributed by atoms with Crippen LogP contribution in [-0.4, -0.2) is 54.4 Å². The molecule has 1 aromatic carbocycles. The Labute approximate surface area is 180 Å². The van der Waals surface area contributed by atoms with Gasteiger partial charge in [-0.1, -0.05) is 19.8 Å². The molecule has 1 aliphatic carbocycles. The van der Waals surface area contributed by atoms with Crippen LogP contribution in [0.25, 0.3) is 0 Å². The van der Waals surface area contributed by atoms with Gasteiger partial charge in [0.2, 0.25) is 5.91 Å². The molecule has 0 radical (unpaired) electrons. The normalized spacial score (nSPS) is 21.8. The lowest BCUT2D eigenvalue weighted by atomic mass is 9.96. The van der Waals surface area contributed by atoms with E-state index < -0.39 is 0 Å². The zero-order valence-electron chi connectivity index (χ0n) is 18.4. The van der Waals surface area contributed by atoms with Crippen molar-refractivity contribution in [3.63, 3.8) is 0 Å². The molecule has 0 bridgehead atoms. The van der Waals surface area contributed by atoms with E-state index in [4.69, 9.17) is 4.74 Å². The van der Waals surface area contributed by atoms with E-state index in [0.717, 1.165) is 81.9 Å². The van der Waals surface area contributed by atoms with Crippen LogP contribution < -0.4 is 4.74 Å². The first-order valence-corrected chi connectivity index (χ1v) is 11.9. The Morgan fingerprint density at radius 2 is 1.47 bits per heavy atom. The minimum absolute atomic E-state index is 0.132. The average molecular weight is 413 g/mol. The number of amides is 2. The van der Waals surface area contributed by atoms with E-state index in [-0.39, 0.29) is 11.8 Å². The standard InChI is InChI=1S/C25H36N2O3/c1-19-10-14-26(15-11-19)25(29)22-6-8-23(9-7-22)30-18-20-12-16-27(17-13-20)24(28)21-4-2-3-5-21/h6-9,19-21H,2-5,10-18H2,1H3. The number of carbonyl (C=O) groups excluding carboxylic acids is 2. The molecule has 3 fully saturated rings. The Morgan fingerprint density at radius 1 is 0.867 bits per heavy atom. The lowest BCUT2D eigenvalue weighted by Crippen LogP contribution is -2.42. The minimum Gasteiger partial charge on any atom is -0.493 e. The number of hydrogen-bond donors (Lipinski definition) is 0. The molecule has 0 spiro atoms. The third-order valence-electron chi connectivity index (χ3n) is 7.29. The highest BCUT2D eigenvalue weighted by Gasteiger charge is 2.30. The Kier molecular flexibility index (Phi) is 6.96. The molecule has 4 rings (SSSR count). The van der Waals surface area contributed by atoms with Crippen LogP contribution >= 0.6 is 0 Å². The van der Waals surface area contributed by atoms with E-state index in [0.29, 0.717) is 18.4 Å². The van der Waals surface area contributed by atoms with Gasteiger partial charge in [-0.15, -0.1) is 0 Å². The van der Waals surface area contributed by atoms with Crippen LogP contribution in [0.3, 0.4) is 0 Å². The highest BCUT2D eigenvalue weighted by Crippen LogP contribution is 2.29. The molecule has 0 unspecified atom stereocenters. The molecule has 5 nitrogen and oxygen atoms in total. The Balaban J connectivity index is 1.20. The van der Waals surface area contributed by atoms with Crippen molar-refractivity contribution in [1.82, 2.24) is 9.80 Å². The third-order valence-corrected chi connectivity index (χ3v) is 7.29. The van der Waals surface area contributed by atoms with Crippen molar-refractivity contribution in [2.75, 3.05) is 32.8 Å². The van der Waals surface area contributed by atoms with Gasteiger partial charge in [-0.3, -0.25) is 9.59 Å². The van der Waals surface area contributed by atoms with Crippen LogP contribution in [0, 0.1) is 17.8 Å². The topological polar surface area (TPSA) is 49.9 Å². The molecular weight excluding hydrogens is 376 g/mol. The summed E-state index contributed by atoms with van der Waals surface area (Å²) in [6, 6.07) is 7.61. The fraction of sp³-hybridized carbons (Fsp3) is 0.680. The number of nitrogens with zero attached hydrogens (tertiary/aromatic N) is 2. The second-order valence-electron chi connectivity index (χ2n) is 9.56. The predicted molar refractivity (Wildman–Crippen MR) is 118 cm³/mol. The highest BCUT2D eigenvalue weighted by atomic mass is 16.5. The number of ether oxygens (including phenoxy) is 1. The van der Waals surface area contributed by atoms with E-state index in [1.165, 1.54) is 12.8 Å². The molecule has 164 valence electrons. The van der Waals surface area contributed by atoms with Crippen molar-refractivity contribution < 1.29 is 14.3 Å². The van der Waals surface area contributed by atoms with Crippen LogP contribution in [0.2, 0.25) is 0 Å². The first-order chi connectivity index (χ1) is 14.6. The van der Waals surface area contributed by atoms with Crippen molar-refractivity contribution in [2.24, 2.45) is 17.8 Å². The van der Waals surface area contributed by atoms with Gasteiger partial charge in [-0.2, -0.15) is 0 Å². The van der Waals surface area contributed by atoms with Gasteiger partial charge in [0.1, 0.15) is 5.75 Å². The first kappa shape index (κ1) is 21.2. The molecule has 30 heavy (non-hydrogen) atoms. The maximum absolute atomic E-state index is 12.7. The van der Waals surface area contributed by atoms with Crippen molar-refractivity contribution in [3.8, 4) is 5.75 Å². The molecule has 0 atom stereocenters. The van der Waals surface area contributed by atoms with Gasteiger partial charge in [-0.05, 0) is 74.6 Å². The van der Waals surface area contributed by atoms with Crippen molar-refractivity contribution in [3.05, 3.63) is 29.8 Å². The number of likely N-dealkylation sites (tertiary alicyclic amines) is 2. The lowest BCUT2D eigenvalue weighted by Gasteiger charge is -2.33. The van der Waals surface area contributed by atoms with Crippen LogP contribution in [0.1, 0.15) is 68.6 Å². The largest absolute Gasteiger partial charge is 0.493 e. The van der Waals surface area contributed by atoms with Crippen molar-refractivity contribution in [2.45, 2.75) is 58.3 Å². The molecule has 5 heteroatoms. The van der Waals surface area contributed by atoms with Crippen LogP contribution in [0.5, 0.6) is 5.75 Å². The summed E-state index contributed by atoms with van der Waals surface area (Å²) in [4.78, 5) is 29.3. The monoisotopic (exact) mass is 412 g/mol. The average Bonchev–Trinajstić information content (AvgIpc) is 3.33. The van der Waals surface area contributed by atoms with Crippen LogP contribution in [0.15, 0.2) is 24.3 Å². The van der Waals surface area contributed by atoms with E-state index in [9.17, 15) is 9.59 Å². The lowest BCUT2D eigenvalue weighted by molar-refractivity contribution is -0.136. The second kappa shape index (κ2) is 9.84. The summed E-state index contributed by atoms with van der Waals surface area (Å²) in [5, 5.41) is 0. The van der Waals surface area contributed by atoms with Gasteiger partial charge in [0, 0.05) is 37.7 Å². The van der Waals surface area contributed by atoms with E-state index in [1.807, 2.05) is 29.2 Å². The zero-order chi connectivity index (χ0) is 20.9. The number of benzene rings is 1. The summed E-state index contributed by atoms with van der Waals surface area (Å²) in [5.41, 5.74) is 0.746. The van der Waals surface area contributed by atoms with Gasteiger partial charge in [-0.25, -0.2) is 0 Å². The molecule has 0 aromatic heterocycles. The van der Waals surface area contributed by atoms with E-state index in [2.05, 4.69) is 11.8 Å². The SMILES string of the molecule is CC1CCN(C(=O)c2ccc(OCC3CCN(C(=O)C4CCCC4)CC3)cc2)CC1. The summed E-state index contributed by atoms with van der Waals surface area (Å²) >= 11 is 0. The Bertz CT molecular complexity index is 710. The molecule has 2 saturated heterocycles. The van der Waals surface area contributed by atoms with Crippen molar-refractivity contribution in [1.29, 1.82) is 0 Å². The molecular formula is C25H36N2O3. The molecule has 1 aromatic rings. The van der Waals surface area contributed by atoms with Gasteiger partial charge in [0.05, 0.1) is 6.61 Å². The summed E-state index contributed by atoms with van der Waals surface area (Å²) < 4.78 is 6.01. The fourth-order valence-corrected chi connectivity index (χ4v) is 5.05. The second-order valence-corrected chi connectivity index (χ2v) is 9.56. The molecule has 0 N–H and O–H groups in total. The smallest absolute Gasteiger partial charge is 0.253 e. The van der Waals surface area contributed by atoms with Gasteiger partial charge < -0.3 is 14.5 Å². The number of hydrogen-bond acceptors (Lipinski definition) is 3. The molecule has 2 heterocycles. The number of carbonyl (C=O) groups is 2. The molecule has 2 amide bonds. The fourth-order valence-electron chi connectivity index (χ4n) is 5.05. The molecule has 1 saturated carbocycles. The van der Waals surface area contributed by atoms with E-state index in [1.54, 1.807) is 0 Å². The maximum Gasteiger partial charge on any atom is 0.253 e. The highest BCUT2D eigenvalue weighted by molar-refractivity contribution is 5.94. The third kappa shape index (κ3) is 5.16. The van der Waals surface area contributed by atoms with Crippen molar-refractivity contribution >= 4 is 11.8 Å². The van der Waals surface area contributed by atoms with Gasteiger partial charge in [0.15, 0.2) is 0 Å². The quantitative estimate of drug-likeness (QED) is 0.722. The summed E-state index contributed by atoms with van der Waals surface area (Å²) in [5.74, 6) is 2.84. The first-order valence-electron chi connectivity index (χ1n) is 11.9. The number of rotatable bonds is 5. The van der Waals surface area contributed by atoms with Crippen LogP contribution in [-0.2, 0) is 4.79 Å². The maximum atomic E-state index is 12.7. The minimum atomic E-state index is 0.132. The number of piperidine rings is 2. The summed E-state index contributed by atoms with van der Waals surface area (Å²) in [6.07, 6.45) is 8.81. The summed E-state index contributed by atoms with van der Waals surface area (Å²) in [6.45, 7) is 6.39. The Hall–Kier alpha value is -2.04. The van der Waals surface area contributed by atoms with E-state index >= 15 is 0 Å². The van der Waals surface area contributed by atoms with Crippen LogP contribution in [0.4, 0.5) is 0 Å². The molecule has 2 aliphatic heterocycles. The predicted octanol–water partition coefficient (Wildman–Crippen LogP) is 4.37. The summed E-state index contributed by atoms with van der Waals surface area (Å²) in [7, 11) is 0. The van der Waals surface area contributed by atoms with Gasteiger partial charge in [0.25, 0.3) is 5.91 Å². The Morgan fingerprint density at radius 3 is 2.10 bits per heavy atom. The van der Waals surface area contributed by atoms with Gasteiger partial charge >= 0.3 is 0 Å². The zero-order valence-corrected chi connectivity index (χ0v) is 18.4. The molecule has 3 aliphatic rings.